The molecular weight excluding hydrogens is 224 g/mol. The van der Waals surface area contributed by atoms with Gasteiger partial charge >= 0.3 is 0 Å². The number of hydrogen-bond acceptors (Lipinski definition) is 2. The average molecular weight is 254 g/mol. The van der Waals surface area contributed by atoms with E-state index in [9.17, 15) is 4.79 Å². The van der Waals surface area contributed by atoms with Crippen LogP contribution in [0, 0.1) is 17.8 Å². The summed E-state index contributed by atoms with van der Waals surface area (Å²) in [6.07, 6.45) is 1.24. The third-order valence-electron chi connectivity index (χ3n) is 3.99. The van der Waals surface area contributed by atoms with Crippen LogP contribution in [-0.2, 0) is 4.79 Å². The van der Waals surface area contributed by atoms with Crippen LogP contribution in [0.1, 0.15) is 54.9 Å². The number of hydrogen-bond donors (Lipinski definition) is 1. The Morgan fingerprint density at radius 3 is 2.06 bits per heavy atom. The van der Waals surface area contributed by atoms with Crippen molar-refractivity contribution in [1.82, 2.24) is 10.2 Å². The molecule has 1 N–H and O–H groups in total. The lowest BCUT2D eigenvalue weighted by Gasteiger charge is -2.33. The van der Waals surface area contributed by atoms with E-state index in [-0.39, 0.29) is 18.1 Å². The molecule has 1 heterocycles. The van der Waals surface area contributed by atoms with Crippen LogP contribution in [0.5, 0.6) is 0 Å². The van der Waals surface area contributed by atoms with E-state index in [0.29, 0.717) is 23.8 Å². The van der Waals surface area contributed by atoms with Gasteiger partial charge in [-0.3, -0.25) is 10.1 Å². The van der Waals surface area contributed by atoms with E-state index >= 15 is 0 Å². The molecule has 3 nitrogen and oxygen atoms in total. The van der Waals surface area contributed by atoms with Crippen molar-refractivity contribution in [2.45, 2.75) is 73.1 Å². The number of nitrogens with zero attached hydrogens (tertiary/aromatic N) is 1. The summed E-state index contributed by atoms with van der Waals surface area (Å²) in [5.74, 6) is 1.74. The highest BCUT2D eigenvalue weighted by molar-refractivity contribution is 5.84. The first-order valence-corrected chi connectivity index (χ1v) is 7.33. The molecular formula is C15H30N2O. The summed E-state index contributed by atoms with van der Waals surface area (Å²) >= 11 is 0. The van der Waals surface area contributed by atoms with Crippen molar-refractivity contribution < 1.29 is 4.79 Å². The largest absolute Gasteiger partial charge is 0.323 e. The predicted molar refractivity (Wildman–Crippen MR) is 76.2 cm³/mol. The zero-order valence-corrected chi connectivity index (χ0v) is 13.0. The molecule has 0 saturated carbocycles. The minimum absolute atomic E-state index is 0.00468. The summed E-state index contributed by atoms with van der Waals surface area (Å²) in [5.41, 5.74) is 0. The van der Waals surface area contributed by atoms with Crippen molar-refractivity contribution in [2.24, 2.45) is 17.8 Å². The van der Waals surface area contributed by atoms with Gasteiger partial charge < -0.3 is 4.90 Å². The Kier molecular flexibility index (Phi) is 5.20. The van der Waals surface area contributed by atoms with Crippen LogP contribution < -0.4 is 5.32 Å². The predicted octanol–water partition coefficient (Wildman–Crippen LogP) is 2.86. The van der Waals surface area contributed by atoms with E-state index in [4.69, 9.17) is 0 Å². The number of amides is 1. The lowest BCUT2D eigenvalue weighted by Crippen LogP contribution is -2.46. The molecule has 0 aromatic heterocycles. The standard InChI is InChI=1S/C15H30N2O/c1-9(2)8-13-16-14(11(5)6)15(18)17(13)12(7)10(3)4/h9-14,16H,8H2,1-7H3. The Balaban J connectivity index is 2.89. The molecule has 1 saturated heterocycles. The second-order valence-electron chi connectivity index (χ2n) is 6.76. The van der Waals surface area contributed by atoms with Crippen LogP contribution in [0.4, 0.5) is 0 Å². The third-order valence-corrected chi connectivity index (χ3v) is 3.99. The molecule has 18 heavy (non-hydrogen) atoms. The number of rotatable bonds is 5. The summed E-state index contributed by atoms with van der Waals surface area (Å²) < 4.78 is 0. The molecule has 3 atom stereocenters. The average Bonchev–Trinajstić information content (AvgIpc) is 2.53. The van der Waals surface area contributed by atoms with Gasteiger partial charge in [-0.1, -0.05) is 41.5 Å². The minimum Gasteiger partial charge on any atom is -0.323 e. The fourth-order valence-electron chi connectivity index (χ4n) is 2.58. The van der Waals surface area contributed by atoms with Gasteiger partial charge in [0.25, 0.3) is 0 Å². The summed E-state index contributed by atoms with van der Waals surface area (Å²) in [6.45, 7) is 15.2. The van der Waals surface area contributed by atoms with E-state index in [1.165, 1.54) is 0 Å². The molecule has 1 fully saturated rings. The molecule has 0 spiro atoms. The van der Waals surface area contributed by atoms with Gasteiger partial charge in [0.15, 0.2) is 0 Å². The molecule has 0 bridgehead atoms. The van der Waals surface area contributed by atoms with Crippen LogP contribution in [0.15, 0.2) is 0 Å². The molecule has 1 aliphatic heterocycles. The maximum Gasteiger partial charge on any atom is 0.241 e. The van der Waals surface area contributed by atoms with Crippen LogP contribution >= 0.6 is 0 Å². The Morgan fingerprint density at radius 1 is 1.11 bits per heavy atom. The lowest BCUT2D eigenvalue weighted by molar-refractivity contribution is -0.133. The molecule has 106 valence electrons. The van der Waals surface area contributed by atoms with E-state index in [0.717, 1.165) is 6.42 Å². The van der Waals surface area contributed by atoms with Gasteiger partial charge in [-0.2, -0.15) is 0 Å². The lowest BCUT2D eigenvalue weighted by atomic mass is 10.0. The molecule has 0 radical (unpaired) electrons. The van der Waals surface area contributed by atoms with Gasteiger partial charge in [-0.25, -0.2) is 0 Å². The topological polar surface area (TPSA) is 32.3 Å². The Labute approximate surface area is 112 Å². The number of nitrogens with one attached hydrogen (secondary N) is 1. The summed E-state index contributed by atoms with van der Waals surface area (Å²) in [4.78, 5) is 14.6. The minimum atomic E-state index is -0.00468. The van der Waals surface area contributed by atoms with Gasteiger partial charge in [0, 0.05) is 6.04 Å². The fraction of sp³-hybridized carbons (Fsp3) is 0.933. The molecule has 1 aliphatic rings. The monoisotopic (exact) mass is 254 g/mol. The fourth-order valence-corrected chi connectivity index (χ4v) is 2.58. The first-order chi connectivity index (χ1) is 8.25. The van der Waals surface area contributed by atoms with E-state index < -0.39 is 0 Å². The van der Waals surface area contributed by atoms with Gasteiger partial charge in [0.2, 0.25) is 5.91 Å². The van der Waals surface area contributed by atoms with Crippen LogP contribution in [0.3, 0.4) is 0 Å². The zero-order chi connectivity index (χ0) is 14.0. The normalized spacial score (nSPS) is 26.8. The van der Waals surface area contributed by atoms with Crippen molar-refractivity contribution in [3.8, 4) is 0 Å². The second-order valence-corrected chi connectivity index (χ2v) is 6.76. The van der Waals surface area contributed by atoms with Crippen LogP contribution in [0.2, 0.25) is 0 Å². The maximum absolute atomic E-state index is 12.5. The van der Waals surface area contributed by atoms with Crippen molar-refractivity contribution in [2.75, 3.05) is 0 Å². The molecule has 3 heteroatoms. The molecule has 1 amide bonds. The van der Waals surface area contributed by atoms with Crippen LogP contribution in [0.25, 0.3) is 0 Å². The van der Waals surface area contributed by atoms with E-state index in [1.54, 1.807) is 0 Å². The highest BCUT2D eigenvalue weighted by Gasteiger charge is 2.42. The smallest absolute Gasteiger partial charge is 0.241 e. The van der Waals surface area contributed by atoms with Gasteiger partial charge in [-0.15, -0.1) is 0 Å². The Bertz CT molecular complexity index is 286. The molecule has 0 aliphatic carbocycles. The SMILES string of the molecule is CC(C)CC1NC(C(C)C)C(=O)N1C(C)C(C)C. The van der Waals surface area contributed by atoms with Crippen molar-refractivity contribution in [1.29, 1.82) is 0 Å². The molecule has 1 rings (SSSR count). The molecule has 3 unspecified atom stereocenters. The van der Waals surface area contributed by atoms with Crippen molar-refractivity contribution in [3.63, 3.8) is 0 Å². The van der Waals surface area contributed by atoms with E-state index in [1.807, 2.05) is 0 Å². The van der Waals surface area contributed by atoms with Gasteiger partial charge in [0.1, 0.15) is 0 Å². The first-order valence-electron chi connectivity index (χ1n) is 7.33. The quantitative estimate of drug-likeness (QED) is 0.818. The third kappa shape index (κ3) is 3.25. The molecule has 0 aromatic rings. The van der Waals surface area contributed by atoms with Crippen molar-refractivity contribution in [3.05, 3.63) is 0 Å². The summed E-state index contributed by atoms with van der Waals surface area (Å²) in [6, 6.07) is 0.299. The zero-order valence-electron chi connectivity index (χ0n) is 13.0. The highest BCUT2D eigenvalue weighted by atomic mass is 16.2. The highest BCUT2D eigenvalue weighted by Crippen LogP contribution is 2.26. The summed E-state index contributed by atoms with van der Waals surface area (Å²) in [7, 11) is 0. The second kappa shape index (κ2) is 6.05. The van der Waals surface area contributed by atoms with Crippen LogP contribution in [-0.4, -0.2) is 29.1 Å². The maximum atomic E-state index is 12.5. The van der Waals surface area contributed by atoms with Gasteiger partial charge in [0.05, 0.1) is 12.2 Å². The molecule has 0 aromatic carbocycles. The first kappa shape index (κ1) is 15.5. The number of carbonyl (C=O) groups is 1. The van der Waals surface area contributed by atoms with E-state index in [2.05, 4.69) is 58.7 Å². The Morgan fingerprint density at radius 2 is 1.67 bits per heavy atom. The Hall–Kier alpha value is -0.570. The van der Waals surface area contributed by atoms with Gasteiger partial charge in [-0.05, 0) is 31.1 Å². The summed E-state index contributed by atoms with van der Waals surface area (Å²) in [5, 5.41) is 3.53. The van der Waals surface area contributed by atoms with Crippen molar-refractivity contribution >= 4 is 5.91 Å². The number of carbonyl (C=O) groups excluding carboxylic acids is 1.